The van der Waals surface area contributed by atoms with Crippen molar-refractivity contribution in [2.45, 2.75) is 45.5 Å². The van der Waals surface area contributed by atoms with E-state index in [1.54, 1.807) is 13.8 Å². The molecule has 2 heterocycles. The summed E-state index contributed by atoms with van der Waals surface area (Å²) in [5.74, 6) is -4.48. The Balaban J connectivity index is 1.80. The Hall–Kier alpha value is -4.01. The van der Waals surface area contributed by atoms with Gasteiger partial charge >= 0.3 is 6.18 Å². The molecule has 0 radical (unpaired) electrons. The Labute approximate surface area is 238 Å². The van der Waals surface area contributed by atoms with E-state index in [2.05, 4.69) is 15.7 Å². The maximum Gasteiger partial charge on any atom is 0.422 e. The lowest BCUT2D eigenvalue weighted by molar-refractivity contribution is -0.153. The molecule has 1 aliphatic rings. The molecule has 4 rings (SSSR count). The molecule has 1 atom stereocenters. The summed E-state index contributed by atoms with van der Waals surface area (Å²) in [4.78, 5) is 26.1. The fraction of sp³-hybridized carbons (Fsp3) is 0.370. The van der Waals surface area contributed by atoms with Crippen LogP contribution >= 0.6 is 0 Å². The third-order valence-corrected chi connectivity index (χ3v) is 7.48. The van der Waals surface area contributed by atoms with Gasteiger partial charge in [-0.05, 0) is 55.7 Å². The predicted octanol–water partition coefficient (Wildman–Crippen LogP) is 4.28. The third-order valence-electron chi connectivity index (χ3n) is 6.69. The monoisotopic (exact) mass is 614 g/mol. The van der Waals surface area contributed by atoms with Crippen molar-refractivity contribution in [2.24, 2.45) is 0 Å². The van der Waals surface area contributed by atoms with E-state index < -0.39 is 57.4 Å². The number of ether oxygens (including phenoxy) is 1. The SMILES string of the molecule is CCc1cc(OCC(F)(F)F)ccc1[C@@]1(C)Cn2nc(-c3cc(F)c(C)c(F)c3)c(NC(=O)CS(C)(=O)=O)c2C(=O)N1. The Morgan fingerprint density at radius 2 is 1.83 bits per heavy atom. The molecule has 0 aliphatic carbocycles. The summed E-state index contributed by atoms with van der Waals surface area (Å²) in [7, 11) is -3.77. The first-order chi connectivity index (χ1) is 19.4. The van der Waals surface area contributed by atoms with E-state index in [1.807, 2.05) is 0 Å². The molecule has 9 nitrogen and oxygen atoms in total. The number of benzene rings is 2. The van der Waals surface area contributed by atoms with E-state index in [4.69, 9.17) is 4.74 Å². The van der Waals surface area contributed by atoms with Crippen LogP contribution in [0.2, 0.25) is 0 Å². The van der Waals surface area contributed by atoms with Crippen LogP contribution in [0.3, 0.4) is 0 Å². The molecule has 0 fully saturated rings. The maximum absolute atomic E-state index is 14.5. The van der Waals surface area contributed by atoms with Gasteiger partial charge in [0.2, 0.25) is 5.91 Å². The van der Waals surface area contributed by atoms with Crippen LogP contribution in [0.1, 0.15) is 41.0 Å². The number of alkyl halides is 3. The van der Waals surface area contributed by atoms with Crippen LogP contribution in [0.5, 0.6) is 5.75 Å². The highest BCUT2D eigenvalue weighted by Crippen LogP contribution is 2.38. The summed E-state index contributed by atoms with van der Waals surface area (Å²) in [6.45, 7) is 3.12. The quantitative estimate of drug-likeness (QED) is 0.366. The van der Waals surface area contributed by atoms with Gasteiger partial charge in [0.25, 0.3) is 5.91 Å². The molecule has 2 amide bonds. The highest BCUT2D eigenvalue weighted by atomic mass is 32.2. The number of hydrogen-bond donors (Lipinski definition) is 2. The molecule has 0 bridgehead atoms. The minimum atomic E-state index is -4.53. The van der Waals surface area contributed by atoms with E-state index >= 15 is 0 Å². The minimum absolute atomic E-state index is 0.0139. The standard InChI is InChI=1S/C27H27F5N4O5S/c1-5-15-8-17(41-13-27(30,31)32)6-7-18(15)26(3)12-36-24(25(38)34-26)23(33-21(37)11-42(4,39)40)22(35-36)16-9-19(28)14(2)20(29)10-16/h6-10H,5,11-13H2,1-4H3,(H,33,37)(H,34,38)/t26-/m1/s1. The number of carbonyl (C=O) groups excluding carboxylic acids is 2. The average Bonchev–Trinajstić information content (AvgIpc) is 3.21. The van der Waals surface area contributed by atoms with Crippen LogP contribution in [0.25, 0.3) is 11.3 Å². The van der Waals surface area contributed by atoms with E-state index in [0.29, 0.717) is 17.5 Å². The molecule has 0 saturated heterocycles. The van der Waals surface area contributed by atoms with Crippen molar-refractivity contribution in [2.75, 3.05) is 23.9 Å². The second-order valence-electron chi connectivity index (χ2n) is 10.3. The summed E-state index contributed by atoms with van der Waals surface area (Å²) < 4.78 is 96.4. The van der Waals surface area contributed by atoms with Crippen molar-refractivity contribution in [1.82, 2.24) is 15.1 Å². The van der Waals surface area contributed by atoms with Gasteiger partial charge in [0, 0.05) is 17.4 Å². The number of aromatic nitrogens is 2. The number of rotatable bonds is 8. The second-order valence-corrected chi connectivity index (χ2v) is 12.4. The smallest absolute Gasteiger partial charge is 0.422 e. The fourth-order valence-corrected chi connectivity index (χ4v) is 5.33. The van der Waals surface area contributed by atoms with Crippen LogP contribution in [-0.4, -0.2) is 54.8 Å². The summed E-state index contributed by atoms with van der Waals surface area (Å²) in [5, 5.41) is 9.59. The lowest BCUT2D eigenvalue weighted by atomic mass is 9.85. The lowest BCUT2D eigenvalue weighted by Gasteiger charge is -2.37. The fourth-order valence-electron chi connectivity index (χ4n) is 4.78. The van der Waals surface area contributed by atoms with E-state index in [0.717, 1.165) is 18.4 Å². The topological polar surface area (TPSA) is 119 Å². The molecular weight excluding hydrogens is 587 g/mol. The Morgan fingerprint density at radius 3 is 2.40 bits per heavy atom. The van der Waals surface area contributed by atoms with Crippen LogP contribution < -0.4 is 15.4 Å². The van der Waals surface area contributed by atoms with Gasteiger partial charge in [0.15, 0.2) is 22.1 Å². The zero-order valence-electron chi connectivity index (χ0n) is 22.9. The van der Waals surface area contributed by atoms with Gasteiger partial charge in [-0.25, -0.2) is 17.2 Å². The number of fused-ring (bicyclic) bond motifs is 1. The number of sulfone groups is 1. The van der Waals surface area contributed by atoms with Crippen molar-refractivity contribution < 1.29 is 44.7 Å². The number of nitrogens with zero attached hydrogens (tertiary/aromatic N) is 2. The Bertz CT molecular complexity index is 1660. The highest BCUT2D eigenvalue weighted by molar-refractivity contribution is 7.91. The van der Waals surface area contributed by atoms with E-state index in [-0.39, 0.29) is 40.5 Å². The molecule has 2 aromatic carbocycles. The van der Waals surface area contributed by atoms with Crippen LogP contribution in [0.4, 0.5) is 27.6 Å². The number of halogens is 5. The van der Waals surface area contributed by atoms with Gasteiger partial charge < -0.3 is 15.4 Å². The van der Waals surface area contributed by atoms with Crippen molar-refractivity contribution in [3.8, 4) is 17.0 Å². The third kappa shape index (κ3) is 6.55. The van der Waals surface area contributed by atoms with Gasteiger partial charge in [-0.3, -0.25) is 14.3 Å². The summed E-state index contributed by atoms with van der Waals surface area (Å²) in [6, 6.07) is 6.27. The molecular formula is C27H27F5N4O5S. The molecule has 2 N–H and O–H groups in total. The number of hydrogen-bond acceptors (Lipinski definition) is 6. The van der Waals surface area contributed by atoms with Gasteiger partial charge in [-0.2, -0.15) is 18.3 Å². The lowest BCUT2D eigenvalue weighted by Crippen LogP contribution is -2.52. The van der Waals surface area contributed by atoms with Gasteiger partial charge in [-0.15, -0.1) is 0 Å². The average molecular weight is 615 g/mol. The maximum atomic E-state index is 14.5. The number of amides is 2. The predicted molar refractivity (Wildman–Crippen MR) is 143 cm³/mol. The number of anilines is 1. The number of aryl methyl sites for hydroxylation is 1. The summed E-state index contributed by atoms with van der Waals surface area (Å²) >= 11 is 0. The van der Waals surface area contributed by atoms with Gasteiger partial charge in [0.05, 0.1) is 12.1 Å². The molecule has 1 aliphatic heterocycles. The molecule has 42 heavy (non-hydrogen) atoms. The Morgan fingerprint density at radius 1 is 1.19 bits per heavy atom. The van der Waals surface area contributed by atoms with Crippen molar-refractivity contribution in [1.29, 1.82) is 0 Å². The molecule has 226 valence electrons. The summed E-state index contributed by atoms with van der Waals surface area (Å²) in [5.41, 5.74) is -0.998. The van der Waals surface area contributed by atoms with Crippen LogP contribution in [0, 0.1) is 18.6 Å². The van der Waals surface area contributed by atoms with Crippen molar-refractivity contribution in [3.05, 3.63) is 64.4 Å². The molecule has 0 spiro atoms. The molecule has 15 heteroatoms. The zero-order valence-corrected chi connectivity index (χ0v) is 23.8. The second kappa shape index (κ2) is 11.0. The van der Waals surface area contributed by atoms with Crippen molar-refractivity contribution >= 4 is 27.3 Å². The van der Waals surface area contributed by atoms with Gasteiger partial charge in [0.1, 0.15) is 34.5 Å². The van der Waals surface area contributed by atoms with Gasteiger partial charge in [-0.1, -0.05) is 13.0 Å². The molecule has 0 unspecified atom stereocenters. The summed E-state index contributed by atoms with van der Waals surface area (Å²) in [6.07, 6.45) is -3.31. The van der Waals surface area contributed by atoms with E-state index in [9.17, 15) is 40.0 Å². The minimum Gasteiger partial charge on any atom is -0.484 e. The molecule has 1 aromatic heterocycles. The first kappa shape index (κ1) is 30.9. The Kier molecular flexibility index (Phi) is 8.10. The van der Waals surface area contributed by atoms with Crippen molar-refractivity contribution in [3.63, 3.8) is 0 Å². The normalized spacial score (nSPS) is 17.0. The molecule has 0 saturated carbocycles. The number of carbonyl (C=O) groups is 2. The van der Waals surface area contributed by atoms with E-state index in [1.165, 1.54) is 29.8 Å². The molecule has 3 aromatic rings. The number of nitrogens with one attached hydrogen (secondary N) is 2. The first-order valence-corrected chi connectivity index (χ1v) is 14.7. The van der Waals surface area contributed by atoms with Crippen LogP contribution in [-0.2, 0) is 33.1 Å². The largest absolute Gasteiger partial charge is 0.484 e. The zero-order chi connectivity index (χ0) is 31.2. The van der Waals surface area contributed by atoms with Crippen LogP contribution in [0.15, 0.2) is 30.3 Å². The highest BCUT2D eigenvalue weighted by Gasteiger charge is 2.41. The first-order valence-electron chi connectivity index (χ1n) is 12.6.